The van der Waals surface area contributed by atoms with Crippen molar-refractivity contribution in [1.29, 1.82) is 5.26 Å². The number of carbonyl (C=O) groups excluding carboxylic acids is 1. The molecule has 4 nitrogen and oxygen atoms in total. The molecular formula is C21H18N2O2S. The lowest BCUT2D eigenvalue weighted by molar-refractivity contribution is -0.138. The fourth-order valence-corrected chi connectivity index (χ4v) is 3.46. The van der Waals surface area contributed by atoms with Gasteiger partial charge in [0, 0.05) is 5.92 Å². The Labute approximate surface area is 158 Å². The Morgan fingerprint density at radius 3 is 2.35 bits per heavy atom. The maximum absolute atomic E-state index is 12.9. The van der Waals surface area contributed by atoms with Gasteiger partial charge in [-0.1, -0.05) is 72.9 Å². The largest absolute Gasteiger partial charge is 0.463 e. The predicted octanol–water partition coefficient (Wildman–Crippen LogP) is 3.81. The van der Waals surface area contributed by atoms with Crippen LogP contribution >= 0.6 is 12.2 Å². The van der Waals surface area contributed by atoms with Crippen molar-refractivity contribution in [3.05, 3.63) is 77.4 Å². The lowest BCUT2D eigenvalue weighted by Crippen LogP contribution is -2.40. The van der Waals surface area contributed by atoms with Gasteiger partial charge in [-0.25, -0.2) is 4.79 Å². The Bertz CT molecular complexity index is 885. The number of benzene rings is 2. The SMILES string of the molecule is CCOC(=O)C1=C(c2ccccc2)NC(=S)[C@H](C#N)[C@H]1c1ccccc1. The summed E-state index contributed by atoms with van der Waals surface area (Å²) in [5.41, 5.74) is 2.73. The van der Waals surface area contributed by atoms with E-state index in [1.165, 1.54) is 0 Å². The van der Waals surface area contributed by atoms with Crippen LogP contribution in [0.1, 0.15) is 24.0 Å². The van der Waals surface area contributed by atoms with Crippen LogP contribution in [0.3, 0.4) is 0 Å². The molecule has 3 rings (SSSR count). The Morgan fingerprint density at radius 1 is 1.15 bits per heavy atom. The van der Waals surface area contributed by atoms with Gasteiger partial charge in [0.25, 0.3) is 0 Å². The van der Waals surface area contributed by atoms with Crippen LogP contribution in [0.2, 0.25) is 0 Å². The van der Waals surface area contributed by atoms with E-state index in [2.05, 4.69) is 11.4 Å². The summed E-state index contributed by atoms with van der Waals surface area (Å²) in [4.78, 5) is 13.3. The molecule has 0 saturated heterocycles. The van der Waals surface area contributed by atoms with E-state index in [1.807, 2.05) is 60.7 Å². The molecule has 26 heavy (non-hydrogen) atoms. The van der Waals surface area contributed by atoms with Crippen molar-refractivity contribution in [2.45, 2.75) is 12.8 Å². The molecule has 0 bridgehead atoms. The summed E-state index contributed by atoms with van der Waals surface area (Å²) in [5.74, 6) is -1.56. The van der Waals surface area contributed by atoms with E-state index < -0.39 is 17.8 Å². The molecule has 1 N–H and O–H groups in total. The van der Waals surface area contributed by atoms with Crippen molar-refractivity contribution in [1.82, 2.24) is 5.32 Å². The number of carbonyl (C=O) groups is 1. The minimum Gasteiger partial charge on any atom is -0.463 e. The molecule has 1 heterocycles. The molecule has 0 unspecified atom stereocenters. The van der Waals surface area contributed by atoms with Crippen LogP contribution in [-0.2, 0) is 9.53 Å². The Morgan fingerprint density at radius 2 is 1.77 bits per heavy atom. The number of thiocarbonyl (C=S) groups is 1. The summed E-state index contributed by atoms with van der Waals surface area (Å²) in [7, 11) is 0. The first-order chi connectivity index (χ1) is 12.7. The highest BCUT2D eigenvalue weighted by Gasteiger charge is 2.40. The number of nitrogens with zero attached hydrogens (tertiary/aromatic N) is 1. The first kappa shape index (κ1) is 17.8. The van der Waals surface area contributed by atoms with Crippen molar-refractivity contribution in [3.8, 4) is 6.07 Å². The van der Waals surface area contributed by atoms with Gasteiger partial charge in [-0.15, -0.1) is 0 Å². The van der Waals surface area contributed by atoms with Gasteiger partial charge in [0.2, 0.25) is 0 Å². The van der Waals surface area contributed by atoms with E-state index in [9.17, 15) is 10.1 Å². The van der Waals surface area contributed by atoms with Gasteiger partial charge >= 0.3 is 5.97 Å². The average molecular weight is 362 g/mol. The first-order valence-electron chi connectivity index (χ1n) is 8.39. The smallest absolute Gasteiger partial charge is 0.336 e. The third-order valence-electron chi connectivity index (χ3n) is 4.30. The Kier molecular flexibility index (Phi) is 5.45. The van der Waals surface area contributed by atoms with Gasteiger partial charge < -0.3 is 10.1 Å². The summed E-state index contributed by atoms with van der Waals surface area (Å²) >= 11 is 5.46. The zero-order valence-corrected chi connectivity index (χ0v) is 15.1. The Hall–Kier alpha value is -2.97. The number of hydrogen-bond acceptors (Lipinski definition) is 4. The monoisotopic (exact) mass is 362 g/mol. The lowest BCUT2D eigenvalue weighted by Gasteiger charge is -2.33. The first-order valence-corrected chi connectivity index (χ1v) is 8.80. The van der Waals surface area contributed by atoms with Gasteiger partial charge in [0.1, 0.15) is 5.92 Å². The number of esters is 1. The van der Waals surface area contributed by atoms with E-state index >= 15 is 0 Å². The van der Waals surface area contributed by atoms with Gasteiger partial charge in [-0.2, -0.15) is 5.26 Å². The van der Waals surface area contributed by atoms with Crippen LogP contribution in [0, 0.1) is 17.2 Å². The highest BCUT2D eigenvalue weighted by Crippen LogP contribution is 2.40. The van der Waals surface area contributed by atoms with Crippen molar-refractivity contribution in [2.75, 3.05) is 6.61 Å². The summed E-state index contributed by atoms with van der Waals surface area (Å²) in [6.45, 7) is 2.02. The maximum Gasteiger partial charge on any atom is 0.336 e. The molecule has 0 radical (unpaired) electrons. The van der Waals surface area contributed by atoms with E-state index in [4.69, 9.17) is 17.0 Å². The Balaban J connectivity index is 2.26. The normalized spacial score (nSPS) is 19.5. The molecule has 0 saturated carbocycles. The van der Waals surface area contributed by atoms with Gasteiger partial charge in [0.05, 0.1) is 28.9 Å². The highest BCUT2D eigenvalue weighted by atomic mass is 32.1. The van der Waals surface area contributed by atoms with E-state index in [-0.39, 0.29) is 6.61 Å². The topological polar surface area (TPSA) is 62.1 Å². The predicted molar refractivity (Wildman–Crippen MR) is 104 cm³/mol. The molecule has 1 aliphatic heterocycles. The van der Waals surface area contributed by atoms with Crippen molar-refractivity contribution in [3.63, 3.8) is 0 Å². The third kappa shape index (κ3) is 3.37. The molecule has 0 spiro atoms. The summed E-state index contributed by atoms with van der Waals surface area (Å²) in [6, 6.07) is 21.2. The van der Waals surface area contributed by atoms with Crippen LogP contribution in [0.25, 0.3) is 5.70 Å². The molecule has 0 fully saturated rings. The molecule has 2 atom stereocenters. The van der Waals surface area contributed by atoms with E-state index in [0.717, 1.165) is 11.1 Å². The standard InChI is InChI=1S/C21H18N2O2S/c1-2-25-21(24)18-17(14-9-5-3-6-10-14)16(13-22)20(26)23-19(18)15-11-7-4-8-12-15/h3-12,16-17H,2H2,1H3,(H,23,26)/t16-,17-/m1/s1. The zero-order chi connectivity index (χ0) is 18.5. The molecular weight excluding hydrogens is 344 g/mol. The van der Waals surface area contributed by atoms with Crippen molar-refractivity contribution in [2.24, 2.45) is 5.92 Å². The molecule has 0 aliphatic carbocycles. The number of nitriles is 1. The van der Waals surface area contributed by atoms with Crippen LogP contribution in [0.15, 0.2) is 66.2 Å². The second-order valence-corrected chi connectivity index (χ2v) is 6.30. The lowest BCUT2D eigenvalue weighted by atomic mass is 9.76. The number of nitrogens with one attached hydrogen (secondary N) is 1. The molecule has 1 aliphatic rings. The van der Waals surface area contributed by atoms with Gasteiger partial charge in [-0.05, 0) is 18.1 Å². The molecule has 5 heteroatoms. The zero-order valence-electron chi connectivity index (χ0n) is 14.3. The van der Waals surface area contributed by atoms with Gasteiger partial charge in [0.15, 0.2) is 0 Å². The molecule has 130 valence electrons. The number of rotatable bonds is 4. The van der Waals surface area contributed by atoms with E-state index in [0.29, 0.717) is 16.3 Å². The minimum atomic E-state index is -0.640. The highest BCUT2D eigenvalue weighted by molar-refractivity contribution is 7.80. The average Bonchev–Trinajstić information content (AvgIpc) is 2.68. The van der Waals surface area contributed by atoms with Crippen molar-refractivity contribution >= 4 is 28.9 Å². The summed E-state index contributed by atoms with van der Waals surface area (Å²) in [5, 5.41) is 12.8. The van der Waals surface area contributed by atoms with Crippen LogP contribution in [0.4, 0.5) is 0 Å². The fraction of sp³-hybridized carbons (Fsp3) is 0.190. The molecule has 2 aromatic rings. The van der Waals surface area contributed by atoms with Crippen LogP contribution in [0.5, 0.6) is 0 Å². The summed E-state index contributed by atoms with van der Waals surface area (Å²) in [6.07, 6.45) is 0. The molecule has 0 aromatic heterocycles. The maximum atomic E-state index is 12.9. The van der Waals surface area contributed by atoms with Crippen LogP contribution in [-0.4, -0.2) is 17.6 Å². The van der Waals surface area contributed by atoms with E-state index in [1.54, 1.807) is 6.92 Å². The molecule has 0 amide bonds. The van der Waals surface area contributed by atoms with Crippen LogP contribution < -0.4 is 5.32 Å². The second-order valence-electron chi connectivity index (χ2n) is 5.86. The third-order valence-corrected chi connectivity index (χ3v) is 4.66. The quantitative estimate of drug-likeness (QED) is 0.662. The fourth-order valence-electron chi connectivity index (χ4n) is 3.16. The van der Waals surface area contributed by atoms with Crippen molar-refractivity contribution < 1.29 is 9.53 Å². The second kappa shape index (κ2) is 7.94. The minimum absolute atomic E-state index is 0.258. The molecule has 2 aromatic carbocycles. The summed E-state index contributed by atoms with van der Waals surface area (Å²) < 4.78 is 5.32. The number of hydrogen-bond donors (Lipinski definition) is 1. The number of ether oxygens (including phenoxy) is 1. The van der Waals surface area contributed by atoms with Gasteiger partial charge in [-0.3, -0.25) is 0 Å².